The van der Waals surface area contributed by atoms with Gasteiger partial charge in [0.2, 0.25) is 0 Å². The van der Waals surface area contributed by atoms with Crippen molar-refractivity contribution in [1.29, 1.82) is 0 Å². The number of carbonyl (C=O) groups excluding carboxylic acids is 2. The van der Waals surface area contributed by atoms with Crippen molar-refractivity contribution in [2.24, 2.45) is 5.92 Å². The van der Waals surface area contributed by atoms with Gasteiger partial charge in [0.15, 0.2) is 0 Å². The fraction of sp³-hybridized carbons (Fsp3) is 0.407. The van der Waals surface area contributed by atoms with E-state index in [0.29, 0.717) is 53.1 Å². The molecule has 0 spiro atoms. The lowest BCUT2D eigenvalue weighted by Crippen LogP contribution is -2.38. The molecule has 1 saturated heterocycles. The number of hydrogen-bond acceptors (Lipinski definition) is 2. The van der Waals surface area contributed by atoms with Crippen molar-refractivity contribution in [1.82, 2.24) is 9.47 Å². The average molecular weight is 521 g/mol. The number of piperidine rings is 1. The number of amides is 1. The number of aryl methyl sites for hydroxylation is 2. The Bertz CT molecular complexity index is 1290. The molecule has 1 aliphatic heterocycles. The first-order valence-corrected chi connectivity index (χ1v) is 12.4. The number of nitrogens with zero attached hydrogens (tertiary/aromatic N) is 2. The molecule has 4 nitrogen and oxygen atoms in total. The molecule has 3 aromatic rings. The van der Waals surface area contributed by atoms with Crippen molar-refractivity contribution in [2.75, 3.05) is 13.1 Å². The summed E-state index contributed by atoms with van der Waals surface area (Å²) in [6.45, 7) is 6.05. The molecular formula is C27H28Cl2F2N2O2. The van der Waals surface area contributed by atoms with E-state index >= 15 is 0 Å². The molecule has 0 radical (unpaired) electrons. The molecule has 0 unspecified atom stereocenters. The van der Waals surface area contributed by atoms with Crippen LogP contribution >= 0.6 is 23.2 Å². The Morgan fingerprint density at radius 2 is 1.83 bits per heavy atom. The molecule has 35 heavy (non-hydrogen) atoms. The Morgan fingerprint density at radius 1 is 1.14 bits per heavy atom. The zero-order chi connectivity index (χ0) is 25.5. The van der Waals surface area contributed by atoms with E-state index in [9.17, 15) is 18.4 Å². The highest BCUT2D eigenvalue weighted by Crippen LogP contribution is 2.36. The summed E-state index contributed by atoms with van der Waals surface area (Å²) < 4.78 is 29.9. The van der Waals surface area contributed by atoms with Crippen molar-refractivity contribution in [2.45, 2.75) is 52.5 Å². The van der Waals surface area contributed by atoms with Crippen molar-refractivity contribution < 1.29 is 18.4 Å². The van der Waals surface area contributed by atoms with Crippen LogP contribution in [-0.2, 0) is 17.3 Å². The summed E-state index contributed by atoms with van der Waals surface area (Å²) in [5, 5.41) is 1.48. The zero-order valence-electron chi connectivity index (χ0n) is 20.0. The summed E-state index contributed by atoms with van der Waals surface area (Å²) in [5.74, 6) is -2.78. The van der Waals surface area contributed by atoms with Crippen LogP contribution in [0.2, 0.25) is 10.0 Å². The Labute approximate surface area is 213 Å². The maximum Gasteiger partial charge on any atom is 0.270 e. The number of halogens is 4. The van der Waals surface area contributed by atoms with Gasteiger partial charge in [0.25, 0.3) is 11.8 Å². The van der Waals surface area contributed by atoms with Crippen LogP contribution in [0.3, 0.4) is 0 Å². The monoisotopic (exact) mass is 520 g/mol. The van der Waals surface area contributed by atoms with E-state index in [4.69, 9.17) is 23.2 Å². The van der Waals surface area contributed by atoms with E-state index in [-0.39, 0.29) is 11.5 Å². The lowest BCUT2D eigenvalue weighted by Gasteiger charge is -2.31. The van der Waals surface area contributed by atoms with Crippen LogP contribution in [0.15, 0.2) is 30.5 Å². The second-order valence-corrected chi connectivity index (χ2v) is 10.3. The minimum atomic E-state index is -2.93. The van der Waals surface area contributed by atoms with Crippen LogP contribution in [0, 0.1) is 19.8 Å². The quantitative estimate of drug-likeness (QED) is 0.323. The van der Waals surface area contributed by atoms with E-state index in [2.05, 4.69) is 0 Å². The second kappa shape index (κ2) is 9.90. The van der Waals surface area contributed by atoms with E-state index in [1.54, 1.807) is 17.0 Å². The number of benzene rings is 2. The summed E-state index contributed by atoms with van der Waals surface area (Å²) >= 11 is 13.3. The third kappa shape index (κ3) is 5.10. The van der Waals surface area contributed by atoms with Crippen LogP contribution in [-0.4, -0.2) is 34.7 Å². The first-order valence-electron chi connectivity index (χ1n) is 11.7. The molecule has 1 amide bonds. The van der Waals surface area contributed by atoms with E-state index in [0.717, 1.165) is 48.1 Å². The van der Waals surface area contributed by atoms with E-state index < -0.39 is 5.92 Å². The maximum absolute atomic E-state index is 14.0. The van der Waals surface area contributed by atoms with E-state index in [1.165, 1.54) is 12.1 Å². The molecule has 186 valence electrons. The predicted octanol–water partition coefficient (Wildman–Crippen LogP) is 7.17. The Hall–Kier alpha value is -2.44. The normalized spacial score (nSPS) is 15.1. The number of rotatable bonds is 6. The molecule has 4 rings (SSSR count). The number of carbonyl (C=O) groups is 2. The SMILES string of the molecule is Cc1cn(Cc2c(Cl)ccc(C(=O)N3CCC(CC=O)CC3)c2Cl)c2c(C)cc(C(C)(F)F)cc12. The highest BCUT2D eigenvalue weighted by Gasteiger charge is 2.28. The van der Waals surface area contributed by atoms with Gasteiger partial charge < -0.3 is 14.3 Å². The van der Waals surface area contributed by atoms with Gasteiger partial charge in [-0.05, 0) is 68.0 Å². The maximum atomic E-state index is 14.0. The largest absolute Gasteiger partial charge is 0.342 e. The lowest BCUT2D eigenvalue weighted by atomic mass is 9.94. The number of likely N-dealkylation sites (tertiary alicyclic amines) is 1. The molecule has 0 saturated carbocycles. The van der Waals surface area contributed by atoms with Crippen LogP contribution in [0.5, 0.6) is 0 Å². The minimum Gasteiger partial charge on any atom is -0.342 e. The van der Waals surface area contributed by atoms with Crippen molar-refractivity contribution in [3.05, 3.63) is 68.3 Å². The first kappa shape index (κ1) is 25.6. The molecule has 0 N–H and O–H groups in total. The molecule has 1 fully saturated rings. The van der Waals surface area contributed by atoms with Gasteiger partial charge >= 0.3 is 0 Å². The number of aromatic nitrogens is 1. The first-order chi connectivity index (χ1) is 16.5. The van der Waals surface area contributed by atoms with Gasteiger partial charge in [-0.25, -0.2) is 8.78 Å². The van der Waals surface area contributed by atoms with Gasteiger partial charge in [-0.2, -0.15) is 0 Å². The van der Waals surface area contributed by atoms with Gasteiger partial charge in [0.05, 0.1) is 22.6 Å². The molecule has 2 aromatic carbocycles. The Balaban J connectivity index is 1.66. The highest BCUT2D eigenvalue weighted by atomic mass is 35.5. The topological polar surface area (TPSA) is 42.3 Å². The number of aldehydes is 1. The van der Waals surface area contributed by atoms with Gasteiger partial charge in [0.1, 0.15) is 6.29 Å². The number of hydrogen-bond donors (Lipinski definition) is 0. The van der Waals surface area contributed by atoms with Crippen molar-refractivity contribution in [3.63, 3.8) is 0 Å². The fourth-order valence-corrected chi connectivity index (χ4v) is 5.53. The molecule has 1 aromatic heterocycles. The van der Waals surface area contributed by atoms with Crippen LogP contribution < -0.4 is 0 Å². The minimum absolute atomic E-state index is 0.0241. The third-order valence-electron chi connectivity index (χ3n) is 6.95. The zero-order valence-corrected chi connectivity index (χ0v) is 21.5. The summed E-state index contributed by atoms with van der Waals surface area (Å²) in [5.41, 5.74) is 3.39. The summed E-state index contributed by atoms with van der Waals surface area (Å²) in [6.07, 6.45) is 4.93. The molecule has 0 aliphatic carbocycles. The molecule has 0 bridgehead atoms. The standard InChI is InChI=1S/C27H28Cl2F2N2O2/c1-16-12-19(27(3,30)31)13-21-17(2)14-33(25(16)21)15-22-23(28)5-4-20(24(22)29)26(35)32-9-6-18(7-10-32)8-11-34/h4-5,11-14,18H,6-10,15H2,1-3H3. The number of fused-ring (bicyclic) bond motifs is 1. The van der Waals surface area contributed by atoms with Gasteiger partial charge in [-0.3, -0.25) is 4.79 Å². The smallest absolute Gasteiger partial charge is 0.270 e. The van der Waals surface area contributed by atoms with Gasteiger partial charge in [-0.1, -0.05) is 23.2 Å². The predicted molar refractivity (Wildman–Crippen MR) is 136 cm³/mol. The van der Waals surface area contributed by atoms with Crippen LogP contribution in [0.1, 0.15) is 58.8 Å². The molecule has 1 aliphatic rings. The molecular weight excluding hydrogens is 493 g/mol. The Kier molecular flexibility index (Phi) is 7.26. The third-order valence-corrected chi connectivity index (χ3v) is 7.73. The van der Waals surface area contributed by atoms with Crippen LogP contribution in [0.4, 0.5) is 8.78 Å². The summed E-state index contributed by atoms with van der Waals surface area (Å²) in [6, 6.07) is 6.37. The summed E-state index contributed by atoms with van der Waals surface area (Å²) in [4.78, 5) is 25.8. The Morgan fingerprint density at radius 3 is 2.46 bits per heavy atom. The van der Waals surface area contributed by atoms with Crippen molar-refractivity contribution in [3.8, 4) is 0 Å². The number of alkyl halides is 2. The van der Waals surface area contributed by atoms with Gasteiger partial charge in [0, 0.05) is 54.2 Å². The summed E-state index contributed by atoms with van der Waals surface area (Å²) in [7, 11) is 0. The average Bonchev–Trinajstić information content (AvgIpc) is 3.12. The highest BCUT2D eigenvalue weighted by molar-refractivity contribution is 6.38. The van der Waals surface area contributed by atoms with Crippen LogP contribution in [0.25, 0.3) is 10.9 Å². The fourth-order valence-electron chi connectivity index (χ4n) is 4.96. The molecule has 2 heterocycles. The molecule has 8 heteroatoms. The van der Waals surface area contributed by atoms with E-state index in [1.807, 2.05) is 24.6 Å². The second-order valence-electron chi connectivity index (χ2n) is 9.54. The van der Waals surface area contributed by atoms with Gasteiger partial charge in [-0.15, -0.1) is 0 Å². The van der Waals surface area contributed by atoms with Crippen molar-refractivity contribution >= 4 is 46.3 Å². The molecule has 0 atom stereocenters. The lowest BCUT2D eigenvalue weighted by molar-refractivity contribution is -0.108.